The van der Waals surface area contributed by atoms with Crippen molar-refractivity contribution in [1.29, 1.82) is 0 Å². The zero-order valence-corrected chi connectivity index (χ0v) is 13.0. The fraction of sp³-hybridized carbons (Fsp3) is 0.667. The van der Waals surface area contributed by atoms with Crippen LogP contribution in [0.25, 0.3) is 0 Å². The van der Waals surface area contributed by atoms with Crippen LogP contribution in [-0.4, -0.2) is 28.7 Å². The summed E-state index contributed by atoms with van der Waals surface area (Å²) in [6.45, 7) is 12.2. The first-order valence-corrected chi connectivity index (χ1v) is 7.33. The molecule has 1 aromatic rings. The molecule has 0 fully saturated rings. The van der Waals surface area contributed by atoms with Gasteiger partial charge in [0.15, 0.2) is 0 Å². The van der Waals surface area contributed by atoms with Crippen LogP contribution in [0.4, 0.5) is 0 Å². The van der Waals surface area contributed by atoms with Crippen LogP contribution in [0.5, 0.6) is 0 Å². The number of rotatable bonds is 6. The highest BCUT2D eigenvalue weighted by atomic mass is 32.1. The predicted octanol–water partition coefficient (Wildman–Crippen LogP) is 3.50. The maximum atomic E-state index is 4.51. The van der Waals surface area contributed by atoms with Gasteiger partial charge >= 0.3 is 0 Å². The van der Waals surface area contributed by atoms with E-state index in [-0.39, 0.29) is 0 Å². The lowest BCUT2D eigenvalue weighted by Gasteiger charge is -2.34. The average molecular weight is 266 g/mol. The molecule has 102 valence electrons. The molecule has 0 saturated carbocycles. The molecule has 0 aliphatic rings. The van der Waals surface area contributed by atoms with Gasteiger partial charge in [-0.15, -0.1) is 0 Å². The minimum Gasteiger partial charge on any atom is -0.297 e. The second-order valence-electron chi connectivity index (χ2n) is 5.89. The minimum atomic E-state index is 0.305. The fourth-order valence-corrected chi connectivity index (χ4v) is 2.61. The van der Waals surface area contributed by atoms with Gasteiger partial charge in [0.1, 0.15) is 0 Å². The quantitative estimate of drug-likeness (QED) is 0.793. The van der Waals surface area contributed by atoms with E-state index in [2.05, 4.69) is 62.3 Å². The van der Waals surface area contributed by atoms with E-state index in [0.29, 0.717) is 11.3 Å². The standard InChI is InChI=1S/C15H26N2S/c1-5-17(10-13(12-18)15(2,3)4)11-14-8-6-7-9-16-14/h6-9,13,18H,5,10-12H2,1-4H3. The average Bonchev–Trinajstić information content (AvgIpc) is 2.34. The molecule has 2 nitrogen and oxygen atoms in total. The molecule has 1 rings (SSSR count). The van der Waals surface area contributed by atoms with Crippen LogP contribution in [0.3, 0.4) is 0 Å². The third kappa shape index (κ3) is 4.99. The van der Waals surface area contributed by atoms with Gasteiger partial charge in [-0.25, -0.2) is 0 Å². The highest BCUT2D eigenvalue weighted by molar-refractivity contribution is 7.80. The third-order valence-electron chi connectivity index (χ3n) is 3.48. The highest BCUT2D eigenvalue weighted by Gasteiger charge is 2.25. The number of aromatic nitrogens is 1. The Morgan fingerprint density at radius 2 is 2.06 bits per heavy atom. The lowest BCUT2D eigenvalue weighted by atomic mass is 9.81. The van der Waals surface area contributed by atoms with Gasteiger partial charge in [-0.1, -0.05) is 33.8 Å². The van der Waals surface area contributed by atoms with E-state index < -0.39 is 0 Å². The van der Waals surface area contributed by atoms with E-state index in [9.17, 15) is 0 Å². The molecule has 0 aromatic carbocycles. The van der Waals surface area contributed by atoms with Crippen LogP contribution in [-0.2, 0) is 6.54 Å². The van der Waals surface area contributed by atoms with Crippen molar-refractivity contribution in [2.24, 2.45) is 11.3 Å². The van der Waals surface area contributed by atoms with Gasteiger partial charge in [0.25, 0.3) is 0 Å². The third-order valence-corrected chi connectivity index (χ3v) is 3.92. The van der Waals surface area contributed by atoms with Crippen LogP contribution in [0.15, 0.2) is 24.4 Å². The summed E-state index contributed by atoms with van der Waals surface area (Å²) in [5.74, 6) is 1.53. The van der Waals surface area contributed by atoms with Gasteiger partial charge in [0, 0.05) is 19.3 Å². The monoisotopic (exact) mass is 266 g/mol. The summed E-state index contributed by atoms with van der Waals surface area (Å²) < 4.78 is 0. The summed E-state index contributed by atoms with van der Waals surface area (Å²) in [6.07, 6.45) is 1.86. The largest absolute Gasteiger partial charge is 0.297 e. The van der Waals surface area contributed by atoms with Crippen molar-refractivity contribution in [2.45, 2.75) is 34.2 Å². The molecule has 0 aliphatic heterocycles. The Morgan fingerprint density at radius 1 is 1.33 bits per heavy atom. The van der Waals surface area contributed by atoms with Crippen LogP contribution >= 0.6 is 12.6 Å². The first-order chi connectivity index (χ1) is 8.47. The molecular formula is C15H26N2S. The summed E-state index contributed by atoms with van der Waals surface area (Å²) in [4.78, 5) is 6.85. The molecule has 0 N–H and O–H groups in total. The molecule has 3 heteroatoms. The molecule has 1 aromatic heterocycles. The first kappa shape index (κ1) is 15.5. The van der Waals surface area contributed by atoms with Crippen LogP contribution in [0.2, 0.25) is 0 Å². The summed E-state index contributed by atoms with van der Waals surface area (Å²) >= 11 is 4.51. The van der Waals surface area contributed by atoms with Gasteiger partial charge < -0.3 is 0 Å². The van der Waals surface area contributed by atoms with Gasteiger partial charge in [-0.3, -0.25) is 9.88 Å². The van der Waals surface area contributed by atoms with Crippen LogP contribution in [0, 0.1) is 11.3 Å². The molecule has 0 aliphatic carbocycles. The maximum Gasteiger partial charge on any atom is 0.0543 e. The summed E-state index contributed by atoms with van der Waals surface area (Å²) in [7, 11) is 0. The molecule has 0 spiro atoms. The summed E-state index contributed by atoms with van der Waals surface area (Å²) in [5, 5.41) is 0. The number of hydrogen-bond donors (Lipinski definition) is 1. The second kappa shape index (κ2) is 7.15. The van der Waals surface area contributed by atoms with E-state index in [1.54, 1.807) is 0 Å². The molecule has 0 saturated heterocycles. The lowest BCUT2D eigenvalue weighted by molar-refractivity contribution is 0.163. The smallest absolute Gasteiger partial charge is 0.0543 e. The molecule has 0 bridgehead atoms. The first-order valence-electron chi connectivity index (χ1n) is 6.70. The van der Waals surface area contributed by atoms with Crippen molar-refractivity contribution in [3.05, 3.63) is 30.1 Å². The Balaban J connectivity index is 2.62. The molecule has 18 heavy (non-hydrogen) atoms. The highest BCUT2D eigenvalue weighted by Crippen LogP contribution is 2.27. The summed E-state index contributed by atoms with van der Waals surface area (Å²) in [5.41, 5.74) is 1.45. The maximum absolute atomic E-state index is 4.51. The van der Waals surface area contributed by atoms with Gasteiger partial charge in [0.2, 0.25) is 0 Å². The zero-order valence-electron chi connectivity index (χ0n) is 12.1. The number of hydrogen-bond acceptors (Lipinski definition) is 3. The van der Waals surface area contributed by atoms with E-state index in [1.165, 1.54) is 0 Å². The van der Waals surface area contributed by atoms with E-state index in [1.807, 2.05) is 12.3 Å². The second-order valence-corrected chi connectivity index (χ2v) is 6.26. The SMILES string of the molecule is CCN(Cc1ccccn1)CC(CS)C(C)(C)C. The molecule has 0 amide bonds. The normalized spacial score (nSPS) is 13.9. The fourth-order valence-electron chi connectivity index (χ4n) is 1.94. The Bertz CT molecular complexity index is 332. The number of thiol groups is 1. The Hall–Kier alpha value is -0.540. The summed E-state index contributed by atoms with van der Waals surface area (Å²) in [6, 6.07) is 6.11. The molecule has 1 atom stereocenters. The van der Waals surface area contributed by atoms with Crippen molar-refractivity contribution in [3.63, 3.8) is 0 Å². The van der Waals surface area contributed by atoms with Gasteiger partial charge in [0.05, 0.1) is 5.69 Å². The van der Waals surface area contributed by atoms with Crippen LogP contribution in [0.1, 0.15) is 33.4 Å². The number of pyridine rings is 1. The minimum absolute atomic E-state index is 0.305. The van der Waals surface area contributed by atoms with Crippen LogP contribution < -0.4 is 0 Å². The predicted molar refractivity (Wildman–Crippen MR) is 82.0 cm³/mol. The molecule has 1 unspecified atom stereocenters. The zero-order chi connectivity index (χ0) is 13.6. The van der Waals surface area contributed by atoms with Crippen molar-refractivity contribution in [2.75, 3.05) is 18.8 Å². The van der Waals surface area contributed by atoms with Crippen molar-refractivity contribution in [1.82, 2.24) is 9.88 Å². The molecular weight excluding hydrogens is 240 g/mol. The van der Waals surface area contributed by atoms with E-state index in [0.717, 1.165) is 31.1 Å². The number of nitrogens with zero attached hydrogens (tertiary/aromatic N) is 2. The van der Waals surface area contributed by atoms with Gasteiger partial charge in [-0.2, -0.15) is 12.6 Å². The van der Waals surface area contributed by atoms with Crippen molar-refractivity contribution < 1.29 is 0 Å². The molecule has 0 radical (unpaired) electrons. The Morgan fingerprint density at radius 3 is 2.50 bits per heavy atom. The Kier molecular flexibility index (Phi) is 6.16. The van der Waals surface area contributed by atoms with Crippen molar-refractivity contribution >= 4 is 12.6 Å². The lowest BCUT2D eigenvalue weighted by Crippen LogP contribution is -2.36. The van der Waals surface area contributed by atoms with Gasteiger partial charge in [-0.05, 0) is 35.8 Å². The molecule has 1 heterocycles. The van der Waals surface area contributed by atoms with E-state index >= 15 is 0 Å². The van der Waals surface area contributed by atoms with E-state index in [4.69, 9.17) is 0 Å². The van der Waals surface area contributed by atoms with Crippen molar-refractivity contribution in [3.8, 4) is 0 Å². The Labute approximate surface area is 117 Å². The topological polar surface area (TPSA) is 16.1 Å².